The Hall–Kier alpha value is -3.07. The summed E-state index contributed by atoms with van der Waals surface area (Å²) in [5.41, 5.74) is 4.60. The molecule has 3 aromatic carbocycles. The van der Waals surface area contributed by atoms with Gasteiger partial charge in [-0.25, -0.2) is 0 Å². The number of ether oxygens (including phenoxy) is 2. The fourth-order valence-corrected chi connectivity index (χ4v) is 3.04. The molecule has 0 aromatic heterocycles. The number of rotatable bonds is 9. The lowest BCUT2D eigenvalue weighted by Crippen LogP contribution is -1.97. The summed E-state index contributed by atoms with van der Waals surface area (Å²) >= 11 is 0. The highest BCUT2D eigenvalue weighted by atomic mass is 16.5. The number of benzene rings is 3. The predicted octanol–water partition coefficient (Wildman–Crippen LogP) is 6.02. The molecule has 0 spiro atoms. The molecule has 3 heteroatoms. The Morgan fingerprint density at radius 2 is 1.32 bits per heavy atom. The van der Waals surface area contributed by atoms with Crippen LogP contribution in [-0.2, 0) is 11.4 Å². The number of carbonyl (C=O) groups is 1. The van der Waals surface area contributed by atoms with Gasteiger partial charge in [-0.15, -0.1) is 0 Å². The zero-order valence-electron chi connectivity index (χ0n) is 16.4. The first-order valence-electron chi connectivity index (χ1n) is 9.68. The van der Waals surface area contributed by atoms with E-state index in [2.05, 4.69) is 43.3 Å². The van der Waals surface area contributed by atoms with Gasteiger partial charge in [0.05, 0.1) is 6.61 Å². The third kappa shape index (κ3) is 5.23. The zero-order valence-corrected chi connectivity index (χ0v) is 16.4. The lowest BCUT2D eigenvalue weighted by atomic mass is 9.99. The van der Waals surface area contributed by atoms with E-state index in [1.807, 2.05) is 43.3 Å². The van der Waals surface area contributed by atoms with Gasteiger partial charge in [-0.3, -0.25) is 0 Å². The maximum atomic E-state index is 10.6. The molecule has 144 valence electrons. The summed E-state index contributed by atoms with van der Waals surface area (Å²) in [6, 6.07) is 24.5. The number of hydrogen-bond acceptors (Lipinski definition) is 3. The summed E-state index contributed by atoms with van der Waals surface area (Å²) in [6.45, 7) is 5.23. The minimum Gasteiger partial charge on any atom is -0.494 e. The third-order valence-corrected chi connectivity index (χ3v) is 4.76. The van der Waals surface area contributed by atoms with Crippen LogP contribution in [0.2, 0.25) is 0 Å². The van der Waals surface area contributed by atoms with Gasteiger partial charge >= 0.3 is 0 Å². The van der Waals surface area contributed by atoms with Crippen LogP contribution in [0.3, 0.4) is 0 Å². The minimum absolute atomic E-state index is 0.238. The smallest absolute Gasteiger partial charge is 0.120 e. The van der Waals surface area contributed by atoms with Crippen LogP contribution in [0.15, 0.2) is 72.8 Å². The molecular weight excluding hydrogens is 348 g/mol. The molecule has 0 radical (unpaired) electrons. The molecule has 1 atom stereocenters. The topological polar surface area (TPSA) is 35.5 Å². The Bertz CT molecular complexity index is 865. The van der Waals surface area contributed by atoms with E-state index in [-0.39, 0.29) is 5.92 Å². The van der Waals surface area contributed by atoms with E-state index in [9.17, 15) is 4.79 Å². The lowest BCUT2D eigenvalue weighted by Gasteiger charge is -2.11. The van der Waals surface area contributed by atoms with Gasteiger partial charge in [-0.1, -0.05) is 55.5 Å². The van der Waals surface area contributed by atoms with Crippen molar-refractivity contribution >= 4 is 6.29 Å². The maximum Gasteiger partial charge on any atom is 0.120 e. The SMILES string of the molecule is CCOc1ccc(-c2ccc(COc3ccc(C(C)CC=O)cc3)cc2)cc1. The molecular formula is C25H26O3. The molecule has 0 fully saturated rings. The molecule has 0 aliphatic heterocycles. The highest BCUT2D eigenvalue weighted by Crippen LogP contribution is 2.24. The quantitative estimate of drug-likeness (QED) is 0.429. The molecule has 0 aliphatic carbocycles. The summed E-state index contributed by atoms with van der Waals surface area (Å²) in [6.07, 6.45) is 1.51. The van der Waals surface area contributed by atoms with Crippen molar-refractivity contribution in [2.75, 3.05) is 6.61 Å². The van der Waals surface area contributed by atoms with Gasteiger partial charge in [0, 0.05) is 6.42 Å². The van der Waals surface area contributed by atoms with E-state index < -0.39 is 0 Å². The van der Waals surface area contributed by atoms with Crippen LogP contribution in [0.1, 0.15) is 37.3 Å². The fraction of sp³-hybridized carbons (Fsp3) is 0.240. The van der Waals surface area contributed by atoms with Gasteiger partial charge in [0.15, 0.2) is 0 Å². The molecule has 0 saturated carbocycles. The van der Waals surface area contributed by atoms with Crippen LogP contribution in [-0.4, -0.2) is 12.9 Å². The number of carbonyl (C=O) groups excluding carboxylic acids is 1. The normalized spacial score (nSPS) is 11.6. The van der Waals surface area contributed by atoms with Crippen molar-refractivity contribution in [3.63, 3.8) is 0 Å². The first-order chi connectivity index (χ1) is 13.7. The molecule has 28 heavy (non-hydrogen) atoms. The van der Waals surface area contributed by atoms with Gasteiger partial charge in [-0.2, -0.15) is 0 Å². The van der Waals surface area contributed by atoms with Crippen molar-refractivity contribution in [2.45, 2.75) is 32.8 Å². The largest absolute Gasteiger partial charge is 0.494 e. The highest BCUT2D eigenvalue weighted by molar-refractivity contribution is 5.64. The second-order valence-corrected chi connectivity index (χ2v) is 6.82. The molecule has 0 saturated heterocycles. The highest BCUT2D eigenvalue weighted by Gasteiger charge is 2.05. The third-order valence-electron chi connectivity index (χ3n) is 4.76. The maximum absolute atomic E-state index is 10.6. The summed E-state index contributed by atoms with van der Waals surface area (Å²) in [4.78, 5) is 10.6. The number of hydrogen-bond donors (Lipinski definition) is 0. The Labute approximate surface area is 166 Å². The Morgan fingerprint density at radius 1 is 0.786 bits per heavy atom. The molecule has 0 heterocycles. The summed E-state index contributed by atoms with van der Waals surface area (Å²) < 4.78 is 11.4. The van der Waals surface area contributed by atoms with Gasteiger partial charge < -0.3 is 14.3 Å². The van der Waals surface area contributed by atoms with Crippen LogP contribution in [0.25, 0.3) is 11.1 Å². The van der Waals surface area contributed by atoms with Crippen LogP contribution in [0, 0.1) is 0 Å². The zero-order chi connectivity index (χ0) is 19.8. The van der Waals surface area contributed by atoms with E-state index in [4.69, 9.17) is 9.47 Å². The van der Waals surface area contributed by atoms with Crippen LogP contribution in [0.4, 0.5) is 0 Å². The molecule has 3 aromatic rings. The molecule has 3 rings (SSSR count). The van der Waals surface area contributed by atoms with Gasteiger partial charge in [-0.05, 0) is 59.4 Å². The van der Waals surface area contributed by atoms with Crippen molar-refractivity contribution in [3.8, 4) is 22.6 Å². The summed E-state index contributed by atoms with van der Waals surface area (Å²) in [5.74, 6) is 1.96. The Balaban J connectivity index is 1.57. The summed E-state index contributed by atoms with van der Waals surface area (Å²) in [5, 5.41) is 0. The molecule has 0 amide bonds. The van der Waals surface area contributed by atoms with E-state index >= 15 is 0 Å². The molecule has 0 N–H and O–H groups in total. The van der Waals surface area contributed by atoms with E-state index in [0.29, 0.717) is 19.6 Å². The second kappa shape index (κ2) is 9.75. The average molecular weight is 374 g/mol. The summed E-state index contributed by atoms with van der Waals surface area (Å²) in [7, 11) is 0. The first kappa shape index (κ1) is 19.7. The van der Waals surface area contributed by atoms with Gasteiger partial charge in [0.1, 0.15) is 24.4 Å². The van der Waals surface area contributed by atoms with Crippen LogP contribution < -0.4 is 9.47 Å². The van der Waals surface area contributed by atoms with E-state index in [0.717, 1.165) is 34.5 Å². The standard InChI is InChI=1S/C25H26O3/c1-3-27-24-14-10-23(11-15-24)22-6-4-20(5-7-22)18-28-25-12-8-21(9-13-25)19(2)16-17-26/h4-15,17,19H,3,16,18H2,1-2H3. The van der Waals surface area contributed by atoms with Crippen molar-refractivity contribution in [1.82, 2.24) is 0 Å². The van der Waals surface area contributed by atoms with E-state index in [1.165, 1.54) is 5.56 Å². The van der Waals surface area contributed by atoms with Crippen LogP contribution in [0.5, 0.6) is 11.5 Å². The lowest BCUT2D eigenvalue weighted by molar-refractivity contribution is -0.108. The molecule has 0 aliphatic rings. The van der Waals surface area contributed by atoms with Crippen molar-refractivity contribution in [3.05, 3.63) is 83.9 Å². The van der Waals surface area contributed by atoms with E-state index in [1.54, 1.807) is 0 Å². The van der Waals surface area contributed by atoms with Crippen molar-refractivity contribution in [1.29, 1.82) is 0 Å². The first-order valence-corrected chi connectivity index (χ1v) is 9.68. The van der Waals surface area contributed by atoms with Crippen molar-refractivity contribution < 1.29 is 14.3 Å². The second-order valence-electron chi connectivity index (χ2n) is 6.82. The molecule has 0 bridgehead atoms. The Kier molecular flexibility index (Phi) is 6.85. The Morgan fingerprint density at radius 3 is 1.89 bits per heavy atom. The molecule has 1 unspecified atom stereocenters. The van der Waals surface area contributed by atoms with Crippen LogP contribution >= 0.6 is 0 Å². The van der Waals surface area contributed by atoms with Gasteiger partial charge in [0.2, 0.25) is 0 Å². The fourth-order valence-electron chi connectivity index (χ4n) is 3.04. The van der Waals surface area contributed by atoms with Gasteiger partial charge in [0.25, 0.3) is 0 Å². The minimum atomic E-state index is 0.238. The molecule has 3 nitrogen and oxygen atoms in total. The predicted molar refractivity (Wildman–Crippen MR) is 113 cm³/mol. The van der Waals surface area contributed by atoms with Crippen molar-refractivity contribution in [2.24, 2.45) is 0 Å². The number of aldehydes is 1. The average Bonchev–Trinajstić information content (AvgIpc) is 2.74. The monoisotopic (exact) mass is 374 g/mol.